The lowest BCUT2D eigenvalue weighted by molar-refractivity contribution is -0.314. The predicted molar refractivity (Wildman–Crippen MR) is 240 cm³/mol. The Labute approximate surface area is 362 Å². The zero-order chi connectivity index (χ0) is 42.6. The number of hydrogen-bond donors (Lipinski definition) is 3. The van der Waals surface area contributed by atoms with Gasteiger partial charge in [0, 0.05) is 6.42 Å². The highest BCUT2D eigenvalue weighted by Gasteiger charge is 2.59. The van der Waals surface area contributed by atoms with Gasteiger partial charge in [-0.25, -0.2) is 0 Å². The van der Waals surface area contributed by atoms with Crippen LogP contribution in [0.3, 0.4) is 0 Å². The standard InChI is InChI=1S/C52H92O7/c1-8-10-11-12-13-14-15-16-17-18-19-20-21-22-23-46(54)59-49-47(55)45(35-53)58-50(48(49)56)57-40-30-32-51(6)39(34-40)26-27-41-43-29-28-42(52(43,7)33-31-44(41)51)37(5)24-25-38(9-2)36(3)4/h26,36-38,40-45,47-50,53,55-56H,8-25,27-35H2,1-7H3/t37-,38-,40+,41+,42+,43+,44+,45-,47-,48-,49+,50-,51+,52-/m1/s1. The molecule has 0 amide bonds. The molecule has 5 aliphatic rings. The molecular formula is C52H92O7. The summed E-state index contributed by atoms with van der Waals surface area (Å²) in [6, 6.07) is 0. The van der Waals surface area contributed by atoms with E-state index in [4.69, 9.17) is 14.2 Å². The molecule has 0 unspecified atom stereocenters. The van der Waals surface area contributed by atoms with Gasteiger partial charge < -0.3 is 29.5 Å². The van der Waals surface area contributed by atoms with Crippen LogP contribution in [0.25, 0.3) is 0 Å². The topological polar surface area (TPSA) is 105 Å². The van der Waals surface area contributed by atoms with E-state index in [1.54, 1.807) is 0 Å². The summed E-state index contributed by atoms with van der Waals surface area (Å²) in [6.07, 6.45) is 27.5. The first-order valence-corrected chi connectivity index (χ1v) is 25.5. The molecule has 5 rings (SSSR count). The van der Waals surface area contributed by atoms with Crippen molar-refractivity contribution in [2.75, 3.05) is 6.61 Å². The number of esters is 1. The lowest BCUT2D eigenvalue weighted by Crippen LogP contribution is -2.61. The third-order valence-corrected chi connectivity index (χ3v) is 17.4. The minimum absolute atomic E-state index is 0.143. The summed E-state index contributed by atoms with van der Waals surface area (Å²) in [6.45, 7) is 16.8. The van der Waals surface area contributed by atoms with Gasteiger partial charge in [0.1, 0.15) is 18.3 Å². The Morgan fingerprint density at radius 3 is 2.07 bits per heavy atom. The minimum Gasteiger partial charge on any atom is -0.456 e. The van der Waals surface area contributed by atoms with Crippen LogP contribution >= 0.6 is 0 Å². The summed E-state index contributed by atoms with van der Waals surface area (Å²) >= 11 is 0. The van der Waals surface area contributed by atoms with Gasteiger partial charge in [-0.2, -0.15) is 0 Å². The van der Waals surface area contributed by atoms with Gasteiger partial charge in [0.2, 0.25) is 0 Å². The molecule has 3 saturated carbocycles. The molecule has 1 heterocycles. The molecule has 3 N–H and O–H groups in total. The van der Waals surface area contributed by atoms with Crippen molar-refractivity contribution in [3.05, 3.63) is 11.6 Å². The van der Waals surface area contributed by atoms with Gasteiger partial charge in [-0.1, -0.05) is 156 Å². The van der Waals surface area contributed by atoms with E-state index in [0.717, 1.165) is 80.5 Å². The van der Waals surface area contributed by atoms with Crippen LogP contribution in [0.2, 0.25) is 0 Å². The Morgan fingerprint density at radius 2 is 1.46 bits per heavy atom. The third kappa shape index (κ3) is 12.4. The number of hydrogen-bond acceptors (Lipinski definition) is 7. The van der Waals surface area contributed by atoms with Crippen molar-refractivity contribution >= 4 is 5.97 Å². The summed E-state index contributed by atoms with van der Waals surface area (Å²) in [5.74, 6) is 5.11. The zero-order valence-electron chi connectivity index (χ0n) is 39.1. The maximum absolute atomic E-state index is 13.0. The number of rotatable bonds is 25. The van der Waals surface area contributed by atoms with E-state index in [0.29, 0.717) is 11.3 Å². The highest BCUT2D eigenvalue weighted by Crippen LogP contribution is 2.67. The predicted octanol–water partition coefficient (Wildman–Crippen LogP) is 12.3. The van der Waals surface area contributed by atoms with Crippen molar-refractivity contribution in [2.24, 2.45) is 52.3 Å². The molecule has 342 valence electrons. The van der Waals surface area contributed by atoms with Gasteiger partial charge in [0.05, 0.1) is 12.7 Å². The van der Waals surface area contributed by atoms with E-state index in [1.165, 1.54) is 121 Å². The van der Waals surface area contributed by atoms with E-state index in [9.17, 15) is 20.1 Å². The quantitative estimate of drug-likeness (QED) is 0.0478. The minimum atomic E-state index is -1.34. The molecule has 0 radical (unpaired) electrons. The average Bonchev–Trinajstić information content (AvgIpc) is 3.58. The summed E-state index contributed by atoms with van der Waals surface area (Å²) in [7, 11) is 0. The van der Waals surface area contributed by atoms with Gasteiger partial charge >= 0.3 is 5.97 Å². The maximum atomic E-state index is 13.0. The summed E-state index contributed by atoms with van der Waals surface area (Å²) in [4.78, 5) is 13.0. The Bertz CT molecular complexity index is 1270. The van der Waals surface area contributed by atoms with Crippen LogP contribution in [0.1, 0.15) is 215 Å². The van der Waals surface area contributed by atoms with Crippen LogP contribution < -0.4 is 0 Å². The molecule has 7 nitrogen and oxygen atoms in total. The molecule has 0 aromatic carbocycles. The molecule has 4 fully saturated rings. The van der Waals surface area contributed by atoms with Crippen molar-refractivity contribution < 1.29 is 34.3 Å². The van der Waals surface area contributed by atoms with Gasteiger partial charge in [0.25, 0.3) is 0 Å². The van der Waals surface area contributed by atoms with Crippen LogP contribution in [0, 0.1) is 52.3 Å². The fourth-order valence-electron chi connectivity index (χ4n) is 13.6. The fourth-order valence-corrected chi connectivity index (χ4v) is 13.6. The molecule has 0 spiro atoms. The number of aliphatic hydroxyl groups excluding tert-OH is 3. The second-order valence-corrected chi connectivity index (χ2v) is 21.5. The monoisotopic (exact) mass is 829 g/mol. The molecule has 0 aromatic rings. The SMILES string of the molecule is CCCCCCCCCCCCCCCCC(=O)O[C@@H]1[C@@H](O)[C@H](O[C@H]2CC[C@@]3(C)C(=CC[C@H]4[C@@H]5CC[C@@H]([C@H](C)CC[C@@H](CC)C(C)C)[C@@]5(C)CC[C@@H]43)C2)O[C@H](CO)[C@H]1O. The van der Waals surface area contributed by atoms with Gasteiger partial charge in [-0.3, -0.25) is 4.79 Å². The van der Waals surface area contributed by atoms with Crippen LogP contribution in [-0.2, 0) is 19.0 Å². The first kappa shape index (κ1) is 49.0. The summed E-state index contributed by atoms with van der Waals surface area (Å²) < 4.78 is 18.2. The second-order valence-electron chi connectivity index (χ2n) is 21.5. The summed E-state index contributed by atoms with van der Waals surface area (Å²) in [5, 5.41) is 32.5. The van der Waals surface area contributed by atoms with Crippen LogP contribution in [0.5, 0.6) is 0 Å². The molecule has 0 aromatic heterocycles. The number of unbranched alkanes of at least 4 members (excludes halogenated alkanes) is 13. The van der Waals surface area contributed by atoms with Crippen LogP contribution in [0.4, 0.5) is 0 Å². The molecular weight excluding hydrogens is 737 g/mol. The second kappa shape index (κ2) is 23.6. The number of carbonyl (C=O) groups excluding carboxylic acids is 1. The molecule has 59 heavy (non-hydrogen) atoms. The first-order valence-electron chi connectivity index (χ1n) is 25.5. The highest BCUT2D eigenvalue weighted by atomic mass is 16.7. The smallest absolute Gasteiger partial charge is 0.306 e. The normalized spacial score (nSPS) is 36.7. The number of allylic oxidation sites excluding steroid dienone is 1. The first-order chi connectivity index (χ1) is 28.4. The summed E-state index contributed by atoms with van der Waals surface area (Å²) in [5.41, 5.74) is 2.12. The molecule has 4 aliphatic carbocycles. The van der Waals surface area contributed by atoms with Crippen LogP contribution in [0.15, 0.2) is 11.6 Å². The molecule has 7 heteroatoms. The maximum Gasteiger partial charge on any atom is 0.306 e. The molecule has 0 bridgehead atoms. The van der Waals surface area contributed by atoms with Crippen molar-refractivity contribution in [3.8, 4) is 0 Å². The van der Waals surface area contributed by atoms with Crippen molar-refractivity contribution in [3.63, 3.8) is 0 Å². The van der Waals surface area contributed by atoms with E-state index in [-0.39, 0.29) is 17.9 Å². The van der Waals surface area contributed by atoms with E-state index < -0.39 is 43.3 Å². The van der Waals surface area contributed by atoms with E-state index in [1.807, 2.05) is 0 Å². The van der Waals surface area contributed by atoms with E-state index >= 15 is 0 Å². The Kier molecular flexibility index (Phi) is 19.6. The van der Waals surface area contributed by atoms with Crippen LogP contribution in [-0.4, -0.2) is 64.7 Å². The fraction of sp³-hybridized carbons (Fsp3) is 0.942. The number of aliphatic hydroxyl groups is 3. The Balaban J connectivity index is 1.06. The number of carbonyl (C=O) groups is 1. The zero-order valence-corrected chi connectivity index (χ0v) is 39.1. The van der Waals surface area contributed by atoms with Gasteiger partial charge in [-0.15, -0.1) is 0 Å². The van der Waals surface area contributed by atoms with Crippen molar-refractivity contribution in [1.82, 2.24) is 0 Å². The van der Waals surface area contributed by atoms with Gasteiger partial charge in [0.15, 0.2) is 12.4 Å². The van der Waals surface area contributed by atoms with Crippen molar-refractivity contribution in [1.29, 1.82) is 0 Å². The van der Waals surface area contributed by atoms with Crippen molar-refractivity contribution in [2.45, 2.75) is 252 Å². The third-order valence-electron chi connectivity index (χ3n) is 17.4. The Morgan fingerprint density at radius 1 is 0.814 bits per heavy atom. The molecule has 14 atom stereocenters. The lowest BCUT2D eigenvalue weighted by Gasteiger charge is -2.58. The highest BCUT2D eigenvalue weighted by molar-refractivity contribution is 5.69. The number of ether oxygens (including phenoxy) is 3. The lowest BCUT2D eigenvalue weighted by atomic mass is 9.47. The number of fused-ring (bicyclic) bond motifs is 5. The largest absolute Gasteiger partial charge is 0.456 e. The average molecular weight is 829 g/mol. The molecule has 1 saturated heterocycles. The molecule has 1 aliphatic heterocycles. The van der Waals surface area contributed by atoms with Gasteiger partial charge in [-0.05, 0) is 116 Å². The van der Waals surface area contributed by atoms with E-state index in [2.05, 4.69) is 54.5 Å². The Hall–Kier alpha value is -0.990.